The van der Waals surface area contributed by atoms with Gasteiger partial charge in [0.2, 0.25) is 6.34 Å². The molecule has 0 fully saturated rings. The van der Waals surface area contributed by atoms with E-state index in [2.05, 4.69) is 78.2 Å². The third-order valence-corrected chi connectivity index (χ3v) is 4.49. The molecule has 0 aliphatic carbocycles. The predicted octanol–water partition coefficient (Wildman–Crippen LogP) is 0.754. The Morgan fingerprint density at radius 1 is 0.913 bits per heavy atom. The van der Waals surface area contributed by atoms with Crippen molar-refractivity contribution in [2.24, 2.45) is 0 Å². The van der Waals surface area contributed by atoms with Crippen molar-refractivity contribution in [3.8, 4) is 0 Å². The summed E-state index contributed by atoms with van der Waals surface area (Å²) in [5, 5.41) is 0. The number of nitrogens with zero attached hydrogens (tertiary/aromatic N) is 2. The van der Waals surface area contributed by atoms with Crippen molar-refractivity contribution in [2.75, 3.05) is 13.1 Å². The first kappa shape index (κ1) is 17.6. The van der Waals surface area contributed by atoms with Crippen LogP contribution in [-0.2, 0) is 13.1 Å². The highest BCUT2D eigenvalue weighted by Crippen LogP contribution is 2.13. The lowest BCUT2D eigenvalue weighted by molar-refractivity contribution is -0.549. The van der Waals surface area contributed by atoms with Crippen molar-refractivity contribution in [2.45, 2.75) is 33.4 Å². The zero-order chi connectivity index (χ0) is 15.4. The van der Waals surface area contributed by atoms with Gasteiger partial charge in [-0.05, 0) is 36.1 Å². The molecule has 0 radical (unpaired) electrons. The van der Waals surface area contributed by atoms with Crippen LogP contribution in [0.4, 0.5) is 0 Å². The maximum Gasteiger partial charge on any atom is 0.234 e. The number of halogens is 1. The van der Waals surface area contributed by atoms with Gasteiger partial charge in [-0.1, -0.05) is 48.5 Å². The van der Waals surface area contributed by atoms with Crippen LogP contribution in [0.15, 0.2) is 48.5 Å². The Morgan fingerprint density at radius 3 is 2.17 bits per heavy atom. The molecule has 1 aliphatic heterocycles. The van der Waals surface area contributed by atoms with Crippen molar-refractivity contribution in [1.29, 1.82) is 0 Å². The lowest BCUT2D eigenvalue weighted by Gasteiger charge is -2.22. The van der Waals surface area contributed by atoms with E-state index in [1.165, 1.54) is 28.7 Å². The highest BCUT2D eigenvalue weighted by molar-refractivity contribution is 5.50. The first-order chi connectivity index (χ1) is 10.7. The minimum absolute atomic E-state index is 0. The van der Waals surface area contributed by atoms with Crippen molar-refractivity contribution in [1.82, 2.24) is 4.90 Å². The topological polar surface area (TPSA) is 6.25 Å². The predicted molar refractivity (Wildman–Crippen MR) is 92.3 cm³/mol. The summed E-state index contributed by atoms with van der Waals surface area (Å²) in [6, 6.07) is 17.4. The normalized spacial score (nSPS) is 14.2. The summed E-state index contributed by atoms with van der Waals surface area (Å²) in [7, 11) is 0. The largest absolute Gasteiger partial charge is 1.00 e. The van der Waals surface area contributed by atoms with Gasteiger partial charge >= 0.3 is 0 Å². The fourth-order valence-electron chi connectivity index (χ4n) is 3.08. The second-order valence-corrected chi connectivity index (χ2v) is 6.26. The minimum Gasteiger partial charge on any atom is -1.00 e. The van der Waals surface area contributed by atoms with Gasteiger partial charge < -0.3 is 12.4 Å². The van der Waals surface area contributed by atoms with Crippen molar-refractivity contribution >= 4 is 6.34 Å². The molecule has 0 amide bonds. The molecule has 0 N–H and O–H groups in total. The highest BCUT2D eigenvalue weighted by atomic mass is 35.5. The Balaban J connectivity index is 0.00000192. The third kappa shape index (κ3) is 4.59. The summed E-state index contributed by atoms with van der Waals surface area (Å²) in [5.41, 5.74) is 5.62. The third-order valence-electron chi connectivity index (χ3n) is 4.49. The Kier molecular flexibility index (Phi) is 6.23. The number of benzene rings is 2. The van der Waals surface area contributed by atoms with E-state index in [9.17, 15) is 0 Å². The molecule has 2 aromatic carbocycles. The molecule has 0 atom stereocenters. The van der Waals surface area contributed by atoms with Crippen LogP contribution in [0.2, 0.25) is 0 Å². The molecular formula is C20H25ClN2. The van der Waals surface area contributed by atoms with Gasteiger partial charge in [-0.2, -0.15) is 0 Å². The van der Waals surface area contributed by atoms with Crippen LogP contribution >= 0.6 is 0 Å². The average molecular weight is 329 g/mol. The minimum atomic E-state index is 0. The molecule has 2 nitrogen and oxygen atoms in total. The van der Waals surface area contributed by atoms with Crippen molar-refractivity contribution < 1.29 is 17.0 Å². The molecule has 2 aromatic rings. The fourth-order valence-corrected chi connectivity index (χ4v) is 3.08. The number of hydrogen-bond donors (Lipinski definition) is 0. The molecule has 122 valence electrons. The van der Waals surface area contributed by atoms with Crippen LogP contribution in [0.1, 0.15) is 28.7 Å². The summed E-state index contributed by atoms with van der Waals surface area (Å²) in [5.74, 6) is 0. The summed E-state index contributed by atoms with van der Waals surface area (Å²) >= 11 is 0. The smallest absolute Gasteiger partial charge is 0.234 e. The van der Waals surface area contributed by atoms with Crippen LogP contribution in [0.3, 0.4) is 0 Å². The molecule has 0 aromatic heterocycles. The van der Waals surface area contributed by atoms with E-state index in [0.29, 0.717) is 0 Å². The SMILES string of the molecule is Cc1ccccc1CN1C=[N+](Cc2ccccc2C)CCC1.[Cl-]. The van der Waals surface area contributed by atoms with Gasteiger partial charge in [0.05, 0.1) is 13.1 Å². The number of rotatable bonds is 4. The standard InChI is InChI=1S/C20H25N2.ClH/c1-17-8-3-5-10-19(17)14-21-12-7-13-22(16-21)15-20-11-6-4-9-18(20)2;/h3-6,8-11,16H,7,12-15H2,1-2H3;1H/q+1;/p-1. The maximum atomic E-state index is 2.45. The van der Waals surface area contributed by atoms with E-state index in [0.717, 1.165) is 26.2 Å². The first-order valence-electron chi connectivity index (χ1n) is 8.14. The van der Waals surface area contributed by atoms with Crippen LogP contribution in [-0.4, -0.2) is 28.9 Å². The van der Waals surface area contributed by atoms with Gasteiger partial charge in [0.25, 0.3) is 0 Å². The second kappa shape index (κ2) is 8.16. The molecule has 0 saturated heterocycles. The Labute approximate surface area is 145 Å². The van der Waals surface area contributed by atoms with Crippen LogP contribution in [0, 0.1) is 13.8 Å². The first-order valence-corrected chi connectivity index (χ1v) is 8.14. The summed E-state index contributed by atoms with van der Waals surface area (Å²) in [6.07, 6.45) is 3.55. The summed E-state index contributed by atoms with van der Waals surface area (Å²) in [6.45, 7) is 8.72. The molecule has 0 saturated carbocycles. The molecule has 3 rings (SSSR count). The Hall–Kier alpha value is -1.80. The van der Waals surface area contributed by atoms with E-state index in [1.54, 1.807) is 0 Å². The van der Waals surface area contributed by atoms with E-state index < -0.39 is 0 Å². The van der Waals surface area contributed by atoms with E-state index in [-0.39, 0.29) is 12.4 Å². The Bertz CT molecular complexity index is 679. The highest BCUT2D eigenvalue weighted by Gasteiger charge is 2.17. The van der Waals surface area contributed by atoms with E-state index in [4.69, 9.17) is 0 Å². The molecule has 1 heterocycles. The molecule has 3 heteroatoms. The van der Waals surface area contributed by atoms with Crippen molar-refractivity contribution in [3.63, 3.8) is 0 Å². The monoisotopic (exact) mass is 328 g/mol. The zero-order valence-electron chi connectivity index (χ0n) is 14.0. The van der Waals surface area contributed by atoms with Gasteiger partial charge in [-0.15, -0.1) is 0 Å². The van der Waals surface area contributed by atoms with Gasteiger partial charge in [0, 0.05) is 6.42 Å². The summed E-state index contributed by atoms with van der Waals surface area (Å²) in [4.78, 5) is 2.45. The number of aryl methyl sites for hydroxylation is 2. The lowest BCUT2D eigenvalue weighted by Crippen LogP contribution is -3.00. The molecule has 23 heavy (non-hydrogen) atoms. The molecule has 0 spiro atoms. The zero-order valence-corrected chi connectivity index (χ0v) is 14.8. The van der Waals surface area contributed by atoms with Gasteiger partial charge in [0.15, 0.2) is 0 Å². The van der Waals surface area contributed by atoms with E-state index in [1.807, 2.05) is 0 Å². The van der Waals surface area contributed by atoms with E-state index >= 15 is 0 Å². The molecule has 0 unspecified atom stereocenters. The Morgan fingerprint density at radius 2 is 1.52 bits per heavy atom. The molecule has 0 bridgehead atoms. The van der Waals surface area contributed by atoms with Gasteiger partial charge in [0.1, 0.15) is 13.1 Å². The van der Waals surface area contributed by atoms with Crippen LogP contribution < -0.4 is 12.4 Å². The van der Waals surface area contributed by atoms with Gasteiger partial charge in [-0.25, -0.2) is 0 Å². The maximum absolute atomic E-state index is 2.45. The van der Waals surface area contributed by atoms with Crippen LogP contribution in [0.25, 0.3) is 0 Å². The van der Waals surface area contributed by atoms with Gasteiger partial charge in [-0.3, -0.25) is 9.48 Å². The average Bonchev–Trinajstić information content (AvgIpc) is 2.52. The summed E-state index contributed by atoms with van der Waals surface area (Å²) < 4.78 is 2.45. The lowest BCUT2D eigenvalue weighted by atomic mass is 10.1. The number of hydrogen-bond acceptors (Lipinski definition) is 1. The van der Waals surface area contributed by atoms with Crippen molar-refractivity contribution in [3.05, 3.63) is 70.8 Å². The quantitative estimate of drug-likeness (QED) is 0.751. The second-order valence-electron chi connectivity index (χ2n) is 6.26. The molecule has 1 aliphatic rings. The van der Waals surface area contributed by atoms with Crippen LogP contribution in [0.5, 0.6) is 0 Å². The fraction of sp³-hybridized carbons (Fsp3) is 0.350. The molecular weight excluding hydrogens is 304 g/mol.